The van der Waals surface area contributed by atoms with Gasteiger partial charge >= 0.3 is 0 Å². The van der Waals surface area contributed by atoms with E-state index < -0.39 is 0 Å². The third-order valence-electron chi connectivity index (χ3n) is 4.14. The molecule has 0 amide bonds. The minimum atomic E-state index is -0.201. The van der Waals surface area contributed by atoms with Crippen LogP contribution in [0.5, 0.6) is 0 Å². The third kappa shape index (κ3) is 2.33. The van der Waals surface area contributed by atoms with Gasteiger partial charge in [-0.25, -0.2) is 0 Å². The van der Waals surface area contributed by atoms with Crippen LogP contribution in [0.3, 0.4) is 0 Å². The number of hydrogen-bond donors (Lipinski definition) is 2. The van der Waals surface area contributed by atoms with E-state index in [0.717, 1.165) is 5.69 Å². The molecular weight excluding hydrogens is 302 g/mol. The van der Waals surface area contributed by atoms with E-state index in [-0.39, 0.29) is 17.6 Å². The van der Waals surface area contributed by atoms with Crippen molar-refractivity contribution in [2.75, 3.05) is 30.0 Å². The fourth-order valence-electron chi connectivity index (χ4n) is 3.10. The van der Waals surface area contributed by atoms with Crippen molar-refractivity contribution < 1.29 is 9.59 Å². The summed E-state index contributed by atoms with van der Waals surface area (Å²) in [6.45, 7) is 3.97. The summed E-state index contributed by atoms with van der Waals surface area (Å²) in [4.78, 5) is 27.9. The zero-order chi connectivity index (χ0) is 17.6. The Kier molecular flexibility index (Phi) is 3.79. The molecule has 3 N–H and O–H groups in total. The fraction of sp³-hybridized carbons (Fsp3) is 0.263. The first kappa shape index (κ1) is 16.1. The second kappa shape index (κ2) is 5.67. The maximum Gasteiger partial charge on any atom is 0.196 e. The van der Waals surface area contributed by atoms with Crippen LogP contribution in [0.1, 0.15) is 45.7 Å². The van der Waals surface area contributed by atoms with Crippen LogP contribution in [0.2, 0.25) is 0 Å². The molecule has 0 fully saturated rings. The van der Waals surface area contributed by atoms with Crippen molar-refractivity contribution in [3.05, 3.63) is 52.6 Å². The van der Waals surface area contributed by atoms with Crippen LogP contribution in [0.25, 0.3) is 0 Å². The largest absolute Gasteiger partial charge is 0.396 e. The molecular formula is C19H21N3O2. The molecule has 0 unspecified atom stereocenters. The summed E-state index contributed by atoms with van der Waals surface area (Å²) in [7, 11) is 3.72. The Labute approximate surface area is 141 Å². The van der Waals surface area contributed by atoms with Crippen molar-refractivity contribution in [1.29, 1.82) is 0 Å². The summed E-state index contributed by atoms with van der Waals surface area (Å²) >= 11 is 0. The van der Waals surface area contributed by atoms with Gasteiger partial charge in [0.25, 0.3) is 0 Å². The Morgan fingerprint density at radius 3 is 2.04 bits per heavy atom. The molecule has 0 atom stereocenters. The van der Waals surface area contributed by atoms with Crippen LogP contribution in [0.4, 0.5) is 17.1 Å². The summed E-state index contributed by atoms with van der Waals surface area (Å²) in [6.07, 6.45) is 0. The van der Waals surface area contributed by atoms with Crippen molar-refractivity contribution in [3.8, 4) is 0 Å². The fourth-order valence-corrected chi connectivity index (χ4v) is 3.10. The Hall–Kier alpha value is -2.82. The number of benzene rings is 2. The molecule has 0 heterocycles. The highest BCUT2D eigenvalue weighted by Gasteiger charge is 2.34. The first-order chi connectivity index (χ1) is 11.3. The van der Waals surface area contributed by atoms with Crippen LogP contribution in [-0.2, 0) is 0 Å². The van der Waals surface area contributed by atoms with E-state index in [1.54, 1.807) is 24.3 Å². The van der Waals surface area contributed by atoms with E-state index >= 15 is 0 Å². The molecule has 0 spiro atoms. The van der Waals surface area contributed by atoms with Crippen LogP contribution >= 0.6 is 0 Å². The number of rotatable bonds is 3. The molecule has 1 aliphatic rings. The molecule has 2 aromatic rings. The number of nitrogens with two attached hydrogens (primary N) is 1. The third-order valence-corrected chi connectivity index (χ3v) is 4.14. The number of fused-ring (bicyclic) bond motifs is 2. The topological polar surface area (TPSA) is 75.4 Å². The average Bonchev–Trinajstić information content (AvgIpc) is 2.53. The molecule has 5 heteroatoms. The predicted octanol–water partition coefficient (Wildman–Crippen LogP) is 2.93. The van der Waals surface area contributed by atoms with Crippen LogP contribution < -0.4 is 16.0 Å². The van der Waals surface area contributed by atoms with Gasteiger partial charge in [0.2, 0.25) is 0 Å². The van der Waals surface area contributed by atoms with E-state index in [2.05, 4.69) is 5.32 Å². The van der Waals surface area contributed by atoms with Gasteiger partial charge in [-0.3, -0.25) is 9.59 Å². The minimum Gasteiger partial charge on any atom is -0.396 e. The molecule has 0 radical (unpaired) electrons. The highest BCUT2D eigenvalue weighted by Crippen LogP contribution is 2.40. The zero-order valence-electron chi connectivity index (χ0n) is 14.3. The van der Waals surface area contributed by atoms with Crippen LogP contribution in [0.15, 0.2) is 30.3 Å². The van der Waals surface area contributed by atoms with Gasteiger partial charge in [-0.2, -0.15) is 0 Å². The number of hydrogen-bond acceptors (Lipinski definition) is 5. The second-order valence-corrected chi connectivity index (χ2v) is 6.50. The van der Waals surface area contributed by atoms with E-state index in [9.17, 15) is 9.59 Å². The van der Waals surface area contributed by atoms with Crippen molar-refractivity contribution >= 4 is 28.6 Å². The number of carbonyl (C=O) groups excluding carboxylic acids is 2. The Bertz CT molecular complexity index is 854. The Morgan fingerprint density at radius 2 is 1.54 bits per heavy atom. The summed E-state index contributed by atoms with van der Waals surface area (Å²) in [5, 5.41) is 3.28. The van der Waals surface area contributed by atoms with Gasteiger partial charge < -0.3 is 16.0 Å². The van der Waals surface area contributed by atoms with E-state index in [1.165, 1.54) is 0 Å². The lowest BCUT2D eigenvalue weighted by Crippen LogP contribution is -2.26. The van der Waals surface area contributed by atoms with Gasteiger partial charge in [-0.15, -0.1) is 0 Å². The van der Waals surface area contributed by atoms with Gasteiger partial charge in [0.05, 0.1) is 22.5 Å². The molecule has 5 nitrogen and oxygen atoms in total. The lowest BCUT2D eigenvalue weighted by Gasteiger charge is -2.27. The quantitative estimate of drug-likeness (QED) is 0.725. The molecule has 0 aliphatic heterocycles. The predicted molar refractivity (Wildman–Crippen MR) is 97.2 cm³/mol. The number of nitrogens with zero attached hydrogens (tertiary/aromatic N) is 1. The molecule has 3 rings (SSSR count). The summed E-state index contributed by atoms with van der Waals surface area (Å²) < 4.78 is 0. The summed E-state index contributed by atoms with van der Waals surface area (Å²) in [6, 6.07) is 8.85. The Morgan fingerprint density at radius 1 is 1.00 bits per heavy atom. The highest BCUT2D eigenvalue weighted by atomic mass is 16.1. The molecule has 1 aliphatic carbocycles. The zero-order valence-corrected chi connectivity index (χ0v) is 14.3. The normalized spacial score (nSPS) is 12.9. The lowest BCUT2D eigenvalue weighted by molar-refractivity contribution is 0.0980. The lowest BCUT2D eigenvalue weighted by atomic mass is 9.81. The van der Waals surface area contributed by atoms with Crippen molar-refractivity contribution in [1.82, 2.24) is 0 Å². The second-order valence-electron chi connectivity index (χ2n) is 6.50. The summed E-state index contributed by atoms with van der Waals surface area (Å²) in [5.74, 6) is -0.367. The highest BCUT2D eigenvalue weighted by molar-refractivity contribution is 6.32. The van der Waals surface area contributed by atoms with E-state index in [1.807, 2.05) is 38.9 Å². The van der Waals surface area contributed by atoms with Crippen LogP contribution in [0, 0.1) is 0 Å². The molecule has 2 aromatic carbocycles. The van der Waals surface area contributed by atoms with Gasteiger partial charge in [-0.05, 0) is 19.9 Å². The number of nitrogen functional groups attached to an aromatic ring is 1. The van der Waals surface area contributed by atoms with Crippen molar-refractivity contribution in [2.45, 2.75) is 19.9 Å². The molecule has 0 saturated heterocycles. The molecule has 0 bridgehead atoms. The van der Waals surface area contributed by atoms with E-state index in [4.69, 9.17) is 5.73 Å². The standard InChI is InChI=1S/C19H21N3O2/c1-10(2)21-13-9-14(22(3)4)17(20)16-15(13)18(23)11-7-5-6-8-12(11)19(16)24/h5-10,21H,20H2,1-4H3. The van der Waals surface area contributed by atoms with Gasteiger partial charge in [0, 0.05) is 37.0 Å². The smallest absolute Gasteiger partial charge is 0.196 e. The molecule has 0 aromatic heterocycles. The number of nitrogens with one attached hydrogen (secondary N) is 1. The first-order valence-corrected chi connectivity index (χ1v) is 7.91. The molecule has 0 saturated carbocycles. The van der Waals surface area contributed by atoms with Crippen molar-refractivity contribution in [3.63, 3.8) is 0 Å². The molecule has 24 heavy (non-hydrogen) atoms. The van der Waals surface area contributed by atoms with Gasteiger partial charge in [0.1, 0.15) is 0 Å². The van der Waals surface area contributed by atoms with Crippen molar-refractivity contribution in [2.24, 2.45) is 0 Å². The maximum atomic E-state index is 13.0. The number of anilines is 3. The number of carbonyl (C=O) groups is 2. The first-order valence-electron chi connectivity index (χ1n) is 7.91. The summed E-state index contributed by atoms with van der Waals surface area (Å²) in [5.41, 5.74) is 9.49. The average molecular weight is 323 g/mol. The van der Waals surface area contributed by atoms with Crippen LogP contribution in [-0.4, -0.2) is 31.7 Å². The van der Waals surface area contributed by atoms with E-state index in [0.29, 0.717) is 33.6 Å². The molecule has 124 valence electrons. The monoisotopic (exact) mass is 323 g/mol. The number of ketones is 2. The Balaban J connectivity index is 2.35. The maximum absolute atomic E-state index is 13.0. The van der Waals surface area contributed by atoms with Gasteiger partial charge in [-0.1, -0.05) is 24.3 Å². The SMILES string of the molecule is CC(C)Nc1cc(N(C)C)c(N)c2c1C(=O)c1ccccc1C2=O. The van der Waals surface area contributed by atoms with Gasteiger partial charge in [0.15, 0.2) is 11.6 Å². The minimum absolute atomic E-state index is 0.118.